The smallest absolute Gasteiger partial charge is 0.217 e. The van der Waals surface area contributed by atoms with Crippen molar-refractivity contribution in [2.75, 3.05) is 13.2 Å². The molecule has 7 heteroatoms. The maximum absolute atomic E-state index is 11.1. The van der Waals surface area contributed by atoms with Crippen molar-refractivity contribution in [2.24, 2.45) is 0 Å². The van der Waals surface area contributed by atoms with Crippen molar-refractivity contribution in [3.63, 3.8) is 0 Å². The minimum Gasteiger partial charge on any atom is -0.394 e. The van der Waals surface area contributed by atoms with Crippen molar-refractivity contribution >= 4 is 5.91 Å². The Hall–Kier alpha value is -0.990. The number of carbonyl (C=O) groups is 1. The highest BCUT2D eigenvalue weighted by Crippen LogP contribution is 2.22. The Bertz CT molecular complexity index is 297. The van der Waals surface area contributed by atoms with Crippen LogP contribution in [0.15, 0.2) is 12.7 Å². The number of aliphatic hydroxyl groups excluding tert-OH is 3. The van der Waals surface area contributed by atoms with Gasteiger partial charge >= 0.3 is 0 Å². The first-order valence-electron chi connectivity index (χ1n) is 5.63. The lowest BCUT2D eigenvalue weighted by Crippen LogP contribution is -2.64. The van der Waals surface area contributed by atoms with Crippen LogP contribution in [0.4, 0.5) is 0 Å². The highest BCUT2D eigenvalue weighted by Gasteiger charge is 2.45. The number of amides is 1. The molecule has 0 aromatic rings. The van der Waals surface area contributed by atoms with E-state index in [1.807, 2.05) is 0 Å². The van der Waals surface area contributed by atoms with Crippen molar-refractivity contribution < 1.29 is 29.6 Å². The first kappa shape index (κ1) is 15.1. The fraction of sp³-hybridized carbons (Fsp3) is 0.727. The van der Waals surface area contributed by atoms with Gasteiger partial charge in [0.1, 0.15) is 24.4 Å². The standard InChI is InChI=1S/C11H19NO6/c1-3-4-17-11-8(12-6(2)14)10(16)9(15)7(5-13)18-11/h3,7-11,13,15-16H,1,4-5H2,2H3,(H,12,14)/t7-,8-,9-,10-,11?/m1/s1. The van der Waals surface area contributed by atoms with E-state index in [9.17, 15) is 15.0 Å². The molecule has 1 aliphatic heterocycles. The van der Waals surface area contributed by atoms with E-state index in [1.165, 1.54) is 13.0 Å². The molecule has 0 saturated carbocycles. The zero-order valence-corrected chi connectivity index (χ0v) is 10.2. The maximum atomic E-state index is 11.1. The number of carbonyl (C=O) groups excluding carboxylic acids is 1. The van der Waals surface area contributed by atoms with E-state index in [4.69, 9.17) is 14.6 Å². The van der Waals surface area contributed by atoms with E-state index in [1.54, 1.807) is 0 Å². The third kappa shape index (κ3) is 3.50. The summed E-state index contributed by atoms with van der Waals surface area (Å²) in [6.45, 7) is 4.45. The number of hydrogen-bond acceptors (Lipinski definition) is 6. The summed E-state index contributed by atoms with van der Waals surface area (Å²) in [6, 6.07) is -0.903. The minimum atomic E-state index is -1.30. The summed E-state index contributed by atoms with van der Waals surface area (Å²) >= 11 is 0. The predicted molar refractivity (Wildman–Crippen MR) is 61.5 cm³/mol. The Labute approximate surface area is 105 Å². The van der Waals surface area contributed by atoms with Crippen LogP contribution in [-0.2, 0) is 14.3 Å². The van der Waals surface area contributed by atoms with Crippen LogP contribution >= 0.6 is 0 Å². The maximum Gasteiger partial charge on any atom is 0.217 e. The van der Waals surface area contributed by atoms with Gasteiger partial charge < -0.3 is 30.1 Å². The molecule has 4 N–H and O–H groups in total. The van der Waals surface area contributed by atoms with Gasteiger partial charge in [0.15, 0.2) is 6.29 Å². The summed E-state index contributed by atoms with van der Waals surface area (Å²) in [4.78, 5) is 11.1. The normalized spacial score (nSPS) is 36.1. The van der Waals surface area contributed by atoms with Crippen LogP contribution in [0.25, 0.3) is 0 Å². The van der Waals surface area contributed by atoms with Crippen molar-refractivity contribution in [3.05, 3.63) is 12.7 Å². The third-order valence-electron chi connectivity index (χ3n) is 2.63. The van der Waals surface area contributed by atoms with Crippen LogP contribution in [0.5, 0.6) is 0 Å². The number of aliphatic hydroxyl groups is 3. The molecule has 1 saturated heterocycles. The van der Waals surface area contributed by atoms with E-state index in [-0.39, 0.29) is 12.5 Å². The van der Waals surface area contributed by atoms with Gasteiger partial charge in [-0.15, -0.1) is 6.58 Å². The van der Waals surface area contributed by atoms with Gasteiger partial charge in [-0.25, -0.2) is 0 Å². The molecular formula is C11H19NO6. The largest absolute Gasteiger partial charge is 0.394 e. The molecule has 0 radical (unpaired) electrons. The summed E-state index contributed by atoms with van der Waals surface area (Å²) in [5, 5.41) is 31.1. The van der Waals surface area contributed by atoms with Gasteiger partial charge in [0.05, 0.1) is 13.2 Å². The number of nitrogens with one attached hydrogen (secondary N) is 1. The Balaban J connectivity index is 2.79. The average molecular weight is 261 g/mol. The molecule has 1 unspecified atom stereocenters. The molecule has 7 nitrogen and oxygen atoms in total. The molecule has 1 rings (SSSR count). The van der Waals surface area contributed by atoms with Crippen LogP contribution < -0.4 is 5.32 Å². The van der Waals surface area contributed by atoms with Gasteiger partial charge in [0.2, 0.25) is 5.91 Å². The summed E-state index contributed by atoms with van der Waals surface area (Å²) in [7, 11) is 0. The zero-order valence-electron chi connectivity index (χ0n) is 10.2. The van der Waals surface area contributed by atoms with Gasteiger partial charge in [-0.1, -0.05) is 6.08 Å². The molecule has 0 bridgehead atoms. The second-order valence-corrected chi connectivity index (χ2v) is 4.05. The number of hydrogen-bond donors (Lipinski definition) is 4. The molecule has 18 heavy (non-hydrogen) atoms. The van der Waals surface area contributed by atoms with Gasteiger partial charge in [-0.2, -0.15) is 0 Å². The van der Waals surface area contributed by atoms with Crippen LogP contribution in [0, 0.1) is 0 Å². The van der Waals surface area contributed by atoms with Gasteiger partial charge in [0.25, 0.3) is 0 Å². The summed E-state index contributed by atoms with van der Waals surface area (Å²) in [6.07, 6.45) is -3.01. The van der Waals surface area contributed by atoms with Gasteiger partial charge in [-0.05, 0) is 0 Å². The molecule has 1 aliphatic rings. The third-order valence-corrected chi connectivity index (χ3v) is 2.63. The highest BCUT2D eigenvalue weighted by molar-refractivity contribution is 5.73. The molecule has 0 aromatic carbocycles. The molecule has 0 aliphatic carbocycles. The number of ether oxygens (including phenoxy) is 2. The van der Waals surface area contributed by atoms with E-state index >= 15 is 0 Å². The Kier molecular flexibility index (Phi) is 5.70. The molecular weight excluding hydrogens is 242 g/mol. The van der Waals surface area contributed by atoms with Crippen molar-refractivity contribution in [3.8, 4) is 0 Å². The van der Waals surface area contributed by atoms with E-state index in [2.05, 4.69) is 11.9 Å². The summed E-state index contributed by atoms with van der Waals surface area (Å²) in [5.41, 5.74) is 0. The molecule has 1 amide bonds. The molecule has 1 fully saturated rings. The predicted octanol–water partition coefficient (Wildman–Crippen LogP) is -1.87. The van der Waals surface area contributed by atoms with Crippen LogP contribution in [-0.4, -0.2) is 65.1 Å². The fourth-order valence-electron chi connectivity index (χ4n) is 1.78. The van der Waals surface area contributed by atoms with E-state index < -0.39 is 37.3 Å². The SMILES string of the molecule is C=CCOC1O[C@H](CO)[C@@H](O)[C@H](O)[C@H]1NC(C)=O. The lowest BCUT2D eigenvalue weighted by Gasteiger charge is -2.42. The van der Waals surface area contributed by atoms with E-state index in [0.29, 0.717) is 0 Å². The molecule has 0 spiro atoms. The van der Waals surface area contributed by atoms with Crippen molar-refractivity contribution in [1.82, 2.24) is 5.32 Å². The quantitative estimate of drug-likeness (QED) is 0.432. The van der Waals surface area contributed by atoms with Crippen molar-refractivity contribution in [2.45, 2.75) is 37.6 Å². The van der Waals surface area contributed by atoms with Crippen LogP contribution in [0.3, 0.4) is 0 Å². The first-order valence-corrected chi connectivity index (χ1v) is 5.63. The lowest BCUT2D eigenvalue weighted by molar-refractivity contribution is -0.267. The topological polar surface area (TPSA) is 108 Å². The molecule has 0 aromatic heterocycles. The first-order chi connectivity index (χ1) is 8.51. The van der Waals surface area contributed by atoms with Crippen LogP contribution in [0.1, 0.15) is 6.92 Å². The minimum absolute atomic E-state index is 0.154. The monoisotopic (exact) mass is 261 g/mol. The Morgan fingerprint density at radius 3 is 2.67 bits per heavy atom. The van der Waals surface area contributed by atoms with Gasteiger partial charge in [-0.3, -0.25) is 4.79 Å². The second kappa shape index (κ2) is 6.81. The van der Waals surface area contributed by atoms with Gasteiger partial charge in [0, 0.05) is 6.92 Å². The Morgan fingerprint density at radius 2 is 2.17 bits per heavy atom. The molecule has 5 atom stereocenters. The summed E-state index contributed by atoms with van der Waals surface area (Å²) < 4.78 is 10.5. The second-order valence-electron chi connectivity index (χ2n) is 4.05. The molecule has 104 valence electrons. The fourth-order valence-corrected chi connectivity index (χ4v) is 1.78. The summed E-state index contributed by atoms with van der Waals surface area (Å²) in [5.74, 6) is -0.385. The lowest BCUT2D eigenvalue weighted by atomic mass is 9.97. The average Bonchev–Trinajstić information content (AvgIpc) is 2.33. The molecule has 1 heterocycles. The number of rotatable bonds is 5. The van der Waals surface area contributed by atoms with E-state index in [0.717, 1.165) is 0 Å². The van der Waals surface area contributed by atoms with Crippen molar-refractivity contribution in [1.29, 1.82) is 0 Å². The highest BCUT2D eigenvalue weighted by atomic mass is 16.7. The Morgan fingerprint density at radius 1 is 1.50 bits per heavy atom. The van der Waals surface area contributed by atoms with Crippen LogP contribution in [0.2, 0.25) is 0 Å². The zero-order chi connectivity index (χ0) is 13.7.